The van der Waals surface area contributed by atoms with Crippen molar-refractivity contribution in [1.29, 1.82) is 0 Å². The highest BCUT2D eigenvalue weighted by Crippen LogP contribution is 2.03. The maximum Gasteiger partial charge on any atom is 0.0846 e. The Morgan fingerprint density at radius 3 is 2.71 bits per heavy atom. The van der Waals surface area contributed by atoms with Crippen molar-refractivity contribution in [1.82, 2.24) is 5.32 Å². The van der Waals surface area contributed by atoms with Crippen LogP contribution in [0.2, 0.25) is 0 Å². The van der Waals surface area contributed by atoms with E-state index in [2.05, 4.69) is 17.2 Å². The summed E-state index contributed by atoms with van der Waals surface area (Å²) in [5, 5.41) is 6.46. The zero-order valence-electron chi connectivity index (χ0n) is 8.46. The molecule has 0 radical (unpaired) electrons. The van der Waals surface area contributed by atoms with Crippen LogP contribution in [0.25, 0.3) is 0 Å². The summed E-state index contributed by atoms with van der Waals surface area (Å²) in [7, 11) is 0. The molecule has 1 rings (SSSR count). The van der Waals surface area contributed by atoms with Gasteiger partial charge in [0, 0.05) is 11.4 Å². The van der Waals surface area contributed by atoms with Gasteiger partial charge in [-0.1, -0.05) is 30.9 Å². The van der Waals surface area contributed by atoms with E-state index in [1.54, 1.807) is 6.08 Å². The van der Waals surface area contributed by atoms with Crippen molar-refractivity contribution in [2.24, 2.45) is 0 Å². The van der Waals surface area contributed by atoms with Gasteiger partial charge >= 0.3 is 0 Å². The lowest BCUT2D eigenvalue weighted by Crippen LogP contribution is -2.19. The van der Waals surface area contributed by atoms with Gasteiger partial charge in [-0.2, -0.15) is 0 Å². The van der Waals surface area contributed by atoms with E-state index < -0.39 is 0 Å². The van der Waals surface area contributed by atoms with E-state index in [4.69, 9.17) is 0 Å². The molecule has 2 nitrogen and oxygen atoms in total. The van der Waals surface area contributed by atoms with Crippen molar-refractivity contribution in [3.05, 3.63) is 54.8 Å². The third-order valence-electron chi connectivity index (χ3n) is 1.80. The van der Waals surface area contributed by atoms with Crippen LogP contribution in [0.3, 0.4) is 0 Å². The number of anilines is 1. The van der Waals surface area contributed by atoms with Gasteiger partial charge in [-0.05, 0) is 25.1 Å². The summed E-state index contributed by atoms with van der Waals surface area (Å²) in [4.78, 5) is 0. The van der Waals surface area contributed by atoms with Crippen LogP contribution in [0, 0.1) is 0 Å². The van der Waals surface area contributed by atoms with E-state index in [0.29, 0.717) is 0 Å². The molecule has 0 unspecified atom stereocenters. The smallest absolute Gasteiger partial charge is 0.0846 e. The third kappa shape index (κ3) is 3.81. The van der Waals surface area contributed by atoms with Gasteiger partial charge < -0.3 is 10.6 Å². The summed E-state index contributed by atoms with van der Waals surface area (Å²) in [6.45, 7) is 6.36. The average molecular weight is 188 g/mol. The van der Waals surface area contributed by atoms with Crippen LogP contribution in [0.15, 0.2) is 54.8 Å². The van der Waals surface area contributed by atoms with Crippen LogP contribution in [0.4, 0.5) is 5.69 Å². The summed E-state index contributed by atoms with van der Waals surface area (Å²) < 4.78 is 0. The molecule has 1 aromatic rings. The molecule has 0 heterocycles. The highest BCUT2D eigenvalue weighted by atomic mass is 15.1. The molecule has 0 aliphatic rings. The molecule has 2 N–H and O–H groups in total. The maximum atomic E-state index is 3.63. The summed E-state index contributed by atoms with van der Waals surface area (Å²) in [5.74, 6) is 0. The first-order chi connectivity index (χ1) is 6.83. The minimum Gasteiger partial charge on any atom is -0.372 e. The number of rotatable bonds is 5. The van der Waals surface area contributed by atoms with E-state index in [0.717, 1.165) is 18.1 Å². The SMILES string of the molecule is C=C/C=C(\C)NCNc1ccccc1. The van der Waals surface area contributed by atoms with Crippen molar-refractivity contribution in [2.45, 2.75) is 6.92 Å². The Hall–Kier alpha value is -1.70. The zero-order valence-corrected chi connectivity index (χ0v) is 8.46. The quantitative estimate of drug-likeness (QED) is 0.548. The molecule has 0 atom stereocenters. The molecule has 0 fully saturated rings. The van der Waals surface area contributed by atoms with E-state index in [-0.39, 0.29) is 0 Å². The van der Waals surface area contributed by atoms with Gasteiger partial charge in [0.25, 0.3) is 0 Å². The monoisotopic (exact) mass is 188 g/mol. The van der Waals surface area contributed by atoms with Gasteiger partial charge in [0.2, 0.25) is 0 Å². The van der Waals surface area contributed by atoms with E-state index >= 15 is 0 Å². The van der Waals surface area contributed by atoms with Crippen molar-refractivity contribution >= 4 is 5.69 Å². The summed E-state index contributed by atoms with van der Waals surface area (Å²) in [6.07, 6.45) is 3.71. The highest BCUT2D eigenvalue weighted by Gasteiger charge is 1.88. The minimum atomic E-state index is 0.722. The Morgan fingerprint density at radius 1 is 1.36 bits per heavy atom. The van der Waals surface area contributed by atoms with Crippen LogP contribution in [-0.4, -0.2) is 6.67 Å². The molecule has 0 saturated carbocycles. The summed E-state index contributed by atoms with van der Waals surface area (Å²) in [6, 6.07) is 10.1. The Morgan fingerprint density at radius 2 is 2.07 bits per heavy atom. The summed E-state index contributed by atoms with van der Waals surface area (Å²) in [5.41, 5.74) is 2.22. The van der Waals surface area contributed by atoms with E-state index in [1.807, 2.05) is 43.3 Å². The van der Waals surface area contributed by atoms with Crippen molar-refractivity contribution in [2.75, 3.05) is 12.0 Å². The molecule has 0 saturated heterocycles. The predicted molar refractivity (Wildman–Crippen MR) is 62.0 cm³/mol. The van der Waals surface area contributed by atoms with Gasteiger partial charge in [-0.15, -0.1) is 0 Å². The molecule has 74 valence electrons. The number of nitrogens with one attached hydrogen (secondary N) is 2. The molecule has 0 bridgehead atoms. The third-order valence-corrected chi connectivity index (χ3v) is 1.80. The van der Waals surface area contributed by atoms with E-state index in [9.17, 15) is 0 Å². The maximum absolute atomic E-state index is 3.63. The van der Waals surface area contributed by atoms with Gasteiger partial charge in [-0.3, -0.25) is 0 Å². The van der Waals surface area contributed by atoms with Crippen LogP contribution in [0.1, 0.15) is 6.92 Å². The van der Waals surface area contributed by atoms with Gasteiger partial charge in [-0.25, -0.2) is 0 Å². The zero-order chi connectivity index (χ0) is 10.2. The number of hydrogen-bond acceptors (Lipinski definition) is 2. The highest BCUT2D eigenvalue weighted by molar-refractivity contribution is 5.42. The second kappa shape index (κ2) is 5.86. The first-order valence-electron chi connectivity index (χ1n) is 4.65. The van der Waals surface area contributed by atoms with Crippen LogP contribution >= 0.6 is 0 Å². The van der Waals surface area contributed by atoms with E-state index in [1.165, 1.54) is 0 Å². The Labute approximate surface area is 85.3 Å². The van der Waals surface area contributed by atoms with Crippen LogP contribution in [0.5, 0.6) is 0 Å². The molecule has 0 aromatic heterocycles. The van der Waals surface area contributed by atoms with Crippen LogP contribution < -0.4 is 10.6 Å². The van der Waals surface area contributed by atoms with Crippen molar-refractivity contribution < 1.29 is 0 Å². The normalized spacial score (nSPS) is 10.8. The van der Waals surface area contributed by atoms with Gasteiger partial charge in [0.05, 0.1) is 6.67 Å². The van der Waals surface area contributed by atoms with Crippen molar-refractivity contribution in [3.63, 3.8) is 0 Å². The average Bonchev–Trinajstić information content (AvgIpc) is 2.20. The molecule has 0 amide bonds. The topological polar surface area (TPSA) is 24.1 Å². The molecule has 0 spiro atoms. The first kappa shape index (κ1) is 10.4. The lowest BCUT2D eigenvalue weighted by Gasteiger charge is -2.08. The lowest BCUT2D eigenvalue weighted by molar-refractivity contribution is 0.865. The van der Waals surface area contributed by atoms with Gasteiger partial charge in [0.15, 0.2) is 0 Å². The first-order valence-corrected chi connectivity index (χ1v) is 4.65. The Balaban J connectivity index is 2.29. The molecular formula is C12H16N2. The number of allylic oxidation sites excluding steroid dienone is 3. The minimum absolute atomic E-state index is 0.722. The standard InChI is InChI=1S/C12H16N2/c1-3-7-11(2)13-10-14-12-8-5-4-6-9-12/h3-9,13-14H,1,10H2,2H3/b11-7+. The predicted octanol–water partition coefficient (Wildman–Crippen LogP) is 2.74. The number of benzene rings is 1. The number of hydrogen-bond donors (Lipinski definition) is 2. The summed E-state index contributed by atoms with van der Waals surface area (Å²) >= 11 is 0. The molecule has 0 aliphatic carbocycles. The Bertz CT molecular complexity index is 301. The fourth-order valence-corrected chi connectivity index (χ4v) is 1.08. The van der Waals surface area contributed by atoms with Crippen LogP contribution in [-0.2, 0) is 0 Å². The lowest BCUT2D eigenvalue weighted by atomic mass is 10.3. The fraction of sp³-hybridized carbons (Fsp3) is 0.167. The largest absolute Gasteiger partial charge is 0.372 e. The number of para-hydroxylation sites is 1. The molecule has 2 heteroatoms. The molecule has 14 heavy (non-hydrogen) atoms. The van der Waals surface area contributed by atoms with Crippen molar-refractivity contribution in [3.8, 4) is 0 Å². The van der Waals surface area contributed by atoms with Gasteiger partial charge in [0.1, 0.15) is 0 Å². The second-order valence-electron chi connectivity index (χ2n) is 2.98. The molecule has 0 aliphatic heterocycles. The fourth-order valence-electron chi connectivity index (χ4n) is 1.08. The second-order valence-corrected chi connectivity index (χ2v) is 2.98. The molecule has 1 aromatic carbocycles. The Kier molecular flexibility index (Phi) is 4.35. The molecular weight excluding hydrogens is 172 g/mol.